The maximum Gasteiger partial charge on any atom is 0.222 e. The Balaban J connectivity index is 1.61. The van der Waals surface area contributed by atoms with Crippen LogP contribution in [0.3, 0.4) is 0 Å². The number of thiophene rings is 1. The standard InChI is InChI=1S/C16H19ClN2OS/c1-11(10-19-8-4-7-15(19)20)18-9-14-16(17)12-5-2-3-6-13(12)21-14/h2-3,5-6,11,18H,4,7-10H2,1H3. The Morgan fingerprint density at radius 2 is 2.24 bits per heavy atom. The molecule has 1 aromatic heterocycles. The summed E-state index contributed by atoms with van der Waals surface area (Å²) in [4.78, 5) is 14.7. The van der Waals surface area contributed by atoms with Crippen molar-refractivity contribution in [3.63, 3.8) is 0 Å². The van der Waals surface area contributed by atoms with Crippen molar-refractivity contribution >= 4 is 38.9 Å². The molecule has 1 amide bonds. The highest BCUT2D eigenvalue weighted by molar-refractivity contribution is 7.19. The first-order valence-electron chi connectivity index (χ1n) is 7.32. The highest BCUT2D eigenvalue weighted by Gasteiger charge is 2.21. The predicted molar refractivity (Wildman–Crippen MR) is 89.0 cm³/mol. The van der Waals surface area contributed by atoms with Crippen molar-refractivity contribution in [2.24, 2.45) is 0 Å². The molecule has 1 saturated heterocycles. The number of nitrogens with zero attached hydrogens (tertiary/aromatic N) is 1. The second-order valence-electron chi connectivity index (χ2n) is 5.56. The van der Waals surface area contributed by atoms with Crippen LogP contribution in [0.5, 0.6) is 0 Å². The number of carbonyl (C=O) groups excluding carboxylic acids is 1. The Morgan fingerprint density at radius 1 is 1.43 bits per heavy atom. The third-order valence-electron chi connectivity index (χ3n) is 3.88. The molecule has 112 valence electrons. The van der Waals surface area contributed by atoms with Gasteiger partial charge in [-0.2, -0.15) is 0 Å². The van der Waals surface area contributed by atoms with Crippen molar-refractivity contribution in [1.29, 1.82) is 0 Å². The Bertz CT molecular complexity index is 655. The molecule has 0 spiro atoms. The second-order valence-corrected chi connectivity index (χ2v) is 7.08. The topological polar surface area (TPSA) is 32.3 Å². The fourth-order valence-corrected chi connectivity index (χ4v) is 4.19. The minimum Gasteiger partial charge on any atom is -0.341 e. The highest BCUT2D eigenvalue weighted by Crippen LogP contribution is 2.34. The number of benzene rings is 1. The number of hydrogen-bond acceptors (Lipinski definition) is 3. The van der Waals surface area contributed by atoms with E-state index in [0.717, 1.165) is 41.3 Å². The van der Waals surface area contributed by atoms with Crippen molar-refractivity contribution < 1.29 is 4.79 Å². The van der Waals surface area contributed by atoms with E-state index in [1.54, 1.807) is 11.3 Å². The van der Waals surface area contributed by atoms with Crippen LogP contribution in [0.25, 0.3) is 10.1 Å². The maximum atomic E-state index is 11.6. The van der Waals surface area contributed by atoms with E-state index >= 15 is 0 Å². The van der Waals surface area contributed by atoms with Gasteiger partial charge in [0.25, 0.3) is 0 Å². The van der Waals surface area contributed by atoms with Gasteiger partial charge in [-0.1, -0.05) is 29.8 Å². The third-order valence-corrected chi connectivity index (χ3v) is 5.59. The van der Waals surface area contributed by atoms with Gasteiger partial charge >= 0.3 is 0 Å². The molecule has 2 heterocycles. The van der Waals surface area contributed by atoms with Gasteiger partial charge in [0.05, 0.1) is 5.02 Å². The van der Waals surface area contributed by atoms with Crippen molar-refractivity contribution in [2.45, 2.75) is 32.4 Å². The van der Waals surface area contributed by atoms with E-state index < -0.39 is 0 Å². The molecule has 2 aromatic rings. The lowest BCUT2D eigenvalue weighted by Gasteiger charge is -2.21. The Kier molecular flexibility index (Phi) is 4.48. The molecule has 1 N–H and O–H groups in total. The van der Waals surface area contributed by atoms with Crippen LogP contribution in [0.15, 0.2) is 24.3 Å². The number of fused-ring (bicyclic) bond motifs is 1. The van der Waals surface area contributed by atoms with Crippen molar-refractivity contribution in [2.75, 3.05) is 13.1 Å². The summed E-state index contributed by atoms with van der Waals surface area (Å²) in [5.74, 6) is 0.281. The molecule has 3 nitrogen and oxygen atoms in total. The summed E-state index contributed by atoms with van der Waals surface area (Å²) in [6, 6.07) is 8.48. The van der Waals surface area contributed by atoms with Crippen molar-refractivity contribution in [3.8, 4) is 0 Å². The molecule has 3 rings (SSSR count). The molecule has 5 heteroatoms. The molecule has 21 heavy (non-hydrogen) atoms. The third kappa shape index (κ3) is 3.23. The average molecular weight is 323 g/mol. The number of hydrogen-bond donors (Lipinski definition) is 1. The van der Waals surface area contributed by atoms with Crippen LogP contribution < -0.4 is 5.32 Å². The van der Waals surface area contributed by atoms with Gasteiger partial charge in [-0.25, -0.2) is 0 Å². The van der Waals surface area contributed by atoms with Crippen LogP contribution in [0.1, 0.15) is 24.6 Å². The summed E-state index contributed by atoms with van der Waals surface area (Å²) in [6.07, 6.45) is 1.70. The van der Waals surface area contributed by atoms with Crippen LogP contribution in [0.4, 0.5) is 0 Å². The van der Waals surface area contributed by atoms with Crippen molar-refractivity contribution in [3.05, 3.63) is 34.2 Å². The number of amides is 1. The van der Waals surface area contributed by atoms with Gasteiger partial charge in [0.1, 0.15) is 0 Å². The molecule has 1 atom stereocenters. The molecular weight excluding hydrogens is 304 g/mol. The molecule has 1 fully saturated rings. The smallest absolute Gasteiger partial charge is 0.222 e. The minimum absolute atomic E-state index is 0.272. The SMILES string of the molecule is CC(CN1CCCC1=O)NCc1sc2ccccc2c1Cl. The monoisotopic (exact) mass is 322 g/mol. The zero-order chi connectivity index (χ0) is 14.8. The number of carbonyl (C=O) groups is 1. The van der Waals surface area contributed by atoms with Gasteiger partial charge in [-0.05, 0) is 19.4 Å². The fourth-order valence-electron chi connectivity index (χ4n) is 2.74. The van der Waals surface area contributed by atoms with Gasteiger partial charge in [0, 0.05) is 47.1 Å². The first-order valence-corrected chi connectivity index (χ1v) is 8.51. The van der Waals surface area contributed by atoms with Gasteiger partial charge in [0.2, 0.25) is 5.91 Å². The summed E-state index contributed by atoms with van der Waals surface area (Å²) in [7, 11) is 0. The molecule has 0 bridgehead atoms. The second kappa shape index (κ2) is 6.34. The molecule has 0 saturated carbocycles. The molecule has 1 aromatic carbocycles. The van der Waals surface area contributed by atoms with Crippen LogP contribution in [-0.2, 0) is 11.3 Å². The summed E-state index contributed by atoms with van der Waals surface area (Å²) in [5.41, 5.74) is 0. The molecule has 1 aliphatic heterocycles. The first-order chi connectivity index (χ1) is 10.1. The molecule has 0 radical (unpaired) electrons. The minimum atomic E-state index is 0.272. The lowest BCUT2D eigenvalue weighted by atomic mass is 10.2. The van der Waals surface area contributed by atoms with Gasteiger partial charge in [0.15, 0.2) is 0 Å². The summed E-state index contributed by atoms with van der Waals surface area (Å²) < 4.78 is 1.22. The van der Waals surface area contributed by atoms with E-state index in [2.05, 4.69) is 24.4 Å². The normalized spacial score (nSPS) is 16.9. The average Bonchev–Trinajstić information content (AvgIpc) is 3.02. The molecule has 0 aliphatic carbocycles. The van der Waals surface area contributed by atoms with Gasteiger partial charge < -0.3 is 10.2 Å². The van der Waals surface area contributed by atoms with Crippen LogP contribution in [0.2, 0.25) is 5.02 Å². The largest absolute Gasteiger partial charge is 0.341 e. The Hall–Kier alpha value is -1.10. The van der Waals surface area contributed by atoms with Crippen LogP contribution in [0, 0.1) is 0 Å². The predicted octanol–water partition coefficient (Wildman–Crippen LogP) is 3.66. The fraction of sp³-hybridized carbons (Fsp3) is 0.438. The van der Waals surface area contributed by atoms with E-state index in [9.17, 15) is 4.79 Å². The quantitative estimate of drug-likeness (QED) is 0.911. The lowest BCUT2D eigenvalue weighted by molar-refractivity contribution is -0.127. The van der Waals surface area contributed by atoms with Gasteiger partial charge in [-0.15, -0.1) is 11.3 Å². The zero-order valence-corrected chi connectivity index (χ0v) is 13.6. The summed E-state index contributed by atoms with van der Waals surface area (Å²) in [6.45, 7) is 4.55. The number of rotatable bonds is 5. The zero-order valence-electron chi connectivity index (χ0n) is 12.1. The Labute approximate surface area is 133 Å². The first kappa shape index (κ1) is 14.8. The number of nitrogens with one attached hydrogen (secondary N) is 1. The highest BCUT2D eigenvalue weighted by atomic mass is 35.5. The molecule has 1 unspecified atom stereocenters. The van der Waals surface area contributed by atoms with E-state index in [1.165, 1.54) is 4.70 Å². The van der Waals surface area contributed by atoms with Crippen LogP contribution in [-0.4, -0.2) is 29.9 Å². The Morgan fingerprint density at radius 3 is 2.95 bits per heavy atom. The number of halogens is 1. The van der Waals surface area contributed by atoms with Crippen molar-refractivity contribution in [1.82, 2.24) is 10.2 Å². The number of likely N-dealkylation sites (tertiary alicyclic amines) is 1. The van der Waals surface area contributed by atoms with Crippen LogP contribution >= 0.6 is 22.9 Å². The van der Waals surface area contributed by atoms with E-state index in [-0.39, 0.29) is 11.9 Å². The molecule has 1 aliphatic rings. The van der Waals surface area contributed by atoms with E-state index in [4.69, 9.17) is 11.6 Å². The summed E-state index contributed by atoms with van der Waals surface area (Å²) in [5, 5.41) is 5.46. The molecular formula is C16H19ClN2OS. The summed E-state index contributed by atoms with van der Waals surface area (Å²) >= 11 is 8.17. The maximum absolute atomic E-state index is 11.6. The van der Waals surface area contributed by atoms with Gasteiger partial charge in [-0.3, -0.25) is 4.79 Å². The van der Waals surface area contributed by atoms with E-state index in [1.807, 2.05) is 17.0 Å². The van der Waals surface area contributed by atoms with E-state index in [0.29, 0.717) is 6.42 Å². The lowest BCUT2D eigenvalue weighted by Crippen LogP contribution is -2.39.